The molecule has 0 N–H and O–H groups in total. The van der Waals surface area contributed by atoms with Gasteiger partial charge in [-0.2, -0.15) is 10.2 Å². The Kier molecular flexibility index (Phi) is 4.13. The van der Waals surface area contributed by atoms with Crippen molar-refractivity contribution >= 4 is 17.1 Å². The number of nitrogens with zero attached hydrogens (tertiary/aromatic N) is 3. The second-order valence-electron chi connectivity index (χ2n) is 4.31. The Labute approximate surface area is 113 Å². The van der Waals surface area contributed by atoms with E-state index in [2.05, 4.69) is 10.2 Å². The summed E-state index contributed by atoms with van der Waals surface area (Å²) in [6, 6.07) is 15.4. The van der Waals surface area contributed by atoms with Crippen molar-refractivity contribution in [3.05, 3.63) is 48.5 Å². The summed E-state index contributed by atoms with van der Waals surface area (Å²) in [5.41, 5.74) is 2.74. The van der Waals surface area contributed by atoms with Crippen LogP contribution in [-0.4, -0.2) is 21.2 Å². The molecule has 0 bridgehead atoms. The molecule has 0 saturated carbocycles. The van der Waals surface area contributed by atoms with Gasteiger partial charge in [-0.25, -0.2) is 0 Å². The van der Waals surface area contributed by atoms with Gasteiger partial charge in [0.15, 0.2) is 0 Å². The fourth-order valence-corrected chi connectivity index (χ4v) is 1.61. The van der Waals surface area contributed by atoms with Gasteiger partial charge in [0.1, 0.15) is 5.75 Å². The van der Waals surface area contributed by atoms with Gasteiger partial charge in [0, 0.05) is 25.8 Å². The van der Waals surface area contributed by atoms with Gasteiger partial charge in [-0.15, -0.1) is 0 Å². The molecule has 0 amide bonds. The second kappa shape index (κ2) is 6.00. The number of rotatable bonds is 4. The van der Waals surface area contributed by atoms with Crippen LogP contribution in [0.1, 0.15) is 0 Å². The number of hydrogen-bond donors (Lipinski definition) is 0. The largest absolute Gasteiger partial charge is 0.497 e. The first-order chi connectivity index (χ1) is 9.19. The topological polar surface area (TPSA) is 37.2 Å². The molecule has 0 fully saturated rings. The van der Waals surface area contributed by atoms with E-state index in [1.165, 1.54) is 0 Å². The summed E-state index contributed by atoms with van der Waals surface area (Å²) in [6.07, 6.45) is 0. The number of methoxy groups -OCH3 is 1. The molecule has 19 heavy (non-hydrogen) atoms. The zero-order valence-electron chi connectivity index (χ0n) is 11.4. The molecule has 0 heterocycles. The molecule has 0 aliphatic heterocycles. The fourth-order valence-electron chi connectivity index (χ4n) is 1.61. The van der Waals surface area contributed by atoms with Crippen LogP contribution in [0.3, 0.4) is 0 Å². The van der Waals surface area contributed by atoms with E-state index < -0.39 is 0 Å². The average molecular weight is 255 g/mol. The first kappa shape index (κ1) is 13.1. The monoisotopic (exact) mass is 255 g/mol. The fraction of sp³-hybridized carbons (Fsp3) is 0.200. The highest BCUT2D eigenvalue weighted by atomic mass is 16.5. The highest BCUT2D eigenvalue weighted by Gasteiger charge is 1.96. The maximum absolute atomic E-state index is 5.14. The van der Waals surface area contributed by atoms with Crippen LogP contribution in [0.2, 0.25) is 0 Å². The highest BCUT2D eigenvalue weighted by molar-refractivity contribution is 5.52. The maximum atomic E-state index is 5.14. The highest BCUT2D eigenvalue weighted by Crippen LogP contribution is 2.23. The lowest BCUT2D eigenvalue weighted by Gasteiger charge is -2.11. The minimum atomic E-state index is 0.774. The van der Waals surface area contributed by atoms with Crippen molar-refractivity contribution in [2.45, 2.75) is 0 Å². The molecule has 4 nitrogen and oxygen atoms in total. The van der Waals surface area contributed by atoms with Crippen LogP contribution in [0.25, 0.3) is 0 Å². The Morgan fingerprint density at radius 1 is 0.895 bits per heavy atom. The van der Waals surface area contributed by atoms with E-state index >= 15 is 0 Å². The van der Waals surface area contributed by atoms with Crippen molar-refractivity contribution in [2.24, 2.45) is 10.2 Å². The maximum Gasteiger partial charge on any atom is 0.121 e. The minimum Gasteiger partial charge on any atom is -0.497 e. The van der Waals surface area contributed by atoms with E-state index in [0.29, 0.717) is 0 Å². The predicted octanol–water partition coefficient (Wildman–Crippen LogP) is 4.18. The molecule has 2 aromatic carbocycles. The predicted molar refractivity (Wildman–Crippen MR) is 77.9 cm³/mol. The Hall–Kier alpha value is -2.36. The molecule has 0 atom stereocenters. The Morgan fingerprint density at radius 3 is 2.21 bits per heavy atom. The SMILES string of the molecule is COc1cccc(N=Nc2ccc(N(C)C)cc2)c1. The van der Waals surface area contributed by atoms with Crippen LogP contribution in [0.4, 0.5) is 17.1 Å². The lowest BCUT2D eigenvalue weighted by Crippen LogP contribution is -2.07. The third-order valence-corrected chi connectivity index (χ3v) is 2.70. The van der Waals surface area contributed by atoms with Crippen molar-refractivity contribution in [2.75, 3.05) is 26.1 Å². The first-order valence-electron chi connectivity index (χ1n) is 6.02. The molecular formula is C15H17N3O. The molecular weight excluding hydrogens is 238 g/mol. The summed E-state index contributed by atoms with van der Waals surface area (Å²) < 4.78 is 5.14. The van der Waals surface area contributed by atoms with E-state index in [1.807, 2.05) is 67.5 Å². The van der Waals surface area contributed by atoms with Crippen LogP contribution in [0.15, 0.2) is 58.8 Å². The van der Waals surface area contributed by atoms with Gasteiger partial charge in [-0.1, -0.05) is 6.07 Å². The molecule has 0 saturated heterocycles. The van der Waals surface area contributed by atoms with Gasteiger partial charge in [0.05, 0.1) is 18.5 Å². The first-order valence-corrected chi connectivity index (χ1v) is 6.02. The van der Waals surface area contributed by atoms with Gasteiger partial charge >= 0.3 is 0 Å². The van der Waals surface area contributed by atoms with Gasteiger partial charge in [-0.3, -0.25) is 0 Å². The molecule has 0 unspecified atom stereocenters. The average Bonchev–Trinajstić information content (AvgIpc) is 2.46. The number of anilines is 1. The van der Waals surface area contributed by atoms with Crippen LogP contribution >= 0.6 is 0 Å². The van der Waals surface area contributed by atoms with Crippen molar-refractivity contribution < 1.29 is 4.74 Å². The number of azo groups is 1. The zero-order valence-corrected chi connectivity index (χ0v) is 11.4. The van der Waals surface area contributed by atoms with Crippen LogP contribution < -0.4 is 9.64 Å². The third kappa shape index (κ3) is 3.55. The zero-order chi connectivity index (χ0) is 13.7. The number of hydrogen-bond acceptors (Lipinski definition) is 4. The van der Waals surface area contributed by atoms with Crippen molar-refractivity contribution in [1.29, 1.82) is 0 Å². The molecule has 0 aliphatic carbocycles. The summed E-state index contributed by atoms with van der Waals surface area (Å²) >= 11 is 0. The summed E-state index contributed by atoms with van der Waals surface area (Å²) in [6.45, 7) is 0. The van der Waals surface area contributed by atoms with Gasteiger partial charge in [0.25, 0.3) is 0 Å². The van der Waals surface area contributed by atoms with Crippen LogP contribution in [-0.2, 0) is 0 Å². The van der Waals surface area contributed by atoms with Gasteiger partial charge in [0.2, 0.25) is 0 Å². The normalized spacial score (nSPS) is 10.7. The van der Waals surface area contributed by atoms with E-state index in [4.69, 9.17) is 4.74 Å². The molecule has 2 rings (SSSR count). The van der Waals surface area contributed by atoms with Crippen LogP contribution in [0.5, 0.6) is 5.75 Å². The number of benzene rings is 2. The standard InChI is InChI=1S/C15H17N3O/c1-18(2)14-9-7-12(8-10-14)16-17-13-5-4-6-15(11-13)19-3/h4-11H,1-3H3. The minimum absolute atomic E-state index is 0.774. The summed E-state index contributed by atoms with van der Waals surface area (Å²) in [5.74, 6) is 0.777. The quantitative estimate of drug-likeness (QED) is 0.769. The Bertz CT molecular complexity index is 562. The lowest BCUT2D eigenvalue weighted by atomic mass is 10.3. The lowest BCUT2D eigenvalue weighted by molar-refractivity contribution is 0.415. The third-order valence-electron chi connectivity index (χ3n) is 2.70. The van der Waals surface area contributed by atoms with Crippen molar-refractivity contribution in [3.8, 4) is 5.75 Å². The molecule has 98 valence electrons. The van der Waals surface area contributed by atoms with Gasteiger partial charge in [-0.05, 0) is 36.4 Å². The van der Waals surface area contributed by atoms with Crippen molar-refractivity contribution in [3.63, 3.8) is 0 Å². The van der Waals surface area contributed by atoms with E-state index in [1.54, 1.807) is 7.11 Å². The van der Waals surface area contributed by atoms with Crippen LogP contribution in [0, 0.1) is 0 Å². The van der Waals surface area contributed by atoms with E-state index in [0.717, 1.165) is 22.8 Å². The Morgan fingerprint density at radius 2 is 1.58 bits per heavy atom. The molecule has 2 aromatic rings. The molecule has 0 aliphatic rings. The molecule has 4 heteroatoms. The number of ether oxygens (including phenoxy) is 1. The van der Waals surface area contributed by atoms with Gasteiger partial charge < -0.3 is 9.64 Å². The molecule has 0 radical (unpaired) electrons. The van der Waals surface area contributed by atoms with E-state index in [9.17, 15) is 0 Å². The summed E-state index contributed by atoms with van der Waals surface area (Å²) in [4.78, 5) is 2.04. The smallest absolute Gasteiger partial charge is 0.121 e. The van der Waals surface area contributed by atoms with Crippen molar-refractivity contribution in [1.82, 2.24) is 0 Å². The molecule has 0 aromatic heterocycles. The summed E-state index contributed by atoms with van der Waals surface area (Å²) in [7, 11) is 5.65. The second-order valence-corrected chi connectivity index (χ2v) is 4.31. The summed E-state index contributed by atoms with van der Waals surface area (Å²) in [5, 5.41) is 8.39. The molecule has 0 spiro atoms. The van der Waals surface area contributed by atoms with E-state index in [-0.39, 0.29) is 0 Å². The Balaban J connectivity index is 2.13.